The monoisotopic (exact) mass is 260 g/mol. The van der Waals surface area contributed by atoms with Gasteiger partial charge >= 0.3 is 0 Å². The van der Waals surface area contributed by atoms with Crippen LogP contribution >= 0.6 is 15.9 Å². The van der Waals surface area contributed by atoms with Crippen LogP contribution in [-0.2, 0) is 6.42 Å². The minimum Gasteiger partial charge on any atom is -0.207 e. The minimum atomic E-state index is -0.113. The van der Waals surface area contributed by atoms with E-state index in [1.54, 1.807) is 6.07 Å². The van der Waals surface area contributed by atoms with Gasteiger partial charge in [-0.3, -0.25) is 0 Å². The Morgan fingerprint density at radius 1 is 1.29 bits per heavy atom. The smallest absolute Gasteiger partial charge is 0.127 e. The van der Waals surface area contributed by atoms with Crippen molar-refractivity contribution in [1.82, 2.24) is 0 Å². The van der Waals surface area contributed by atoms with Gasteiger partial charge in [0.25, 0.3) is 0 Å². The van der Waals surface area contributed by atoms with Crippen molar-refractivity contribution in [2.75, 3.05) is 0 Å². The van der Waals surface area contributed by atoms with E-state index in [1.807, 2.05) is 19.9 Å². The van der Waals surface area contributed by atoms with Crippen LogP contribution in [0.5, 0.6) is 0 Å². The van der Waals surface area contributed by atoms with Gasteiger partial charge in [0.2, 0.25) is 0 Å². The standard InChI is InChI=1S/C10H12BrF.C2H6/c1-7(2)6-8-9(11)4-3-5-10(8)12;1-2/h3-5,7H,6H2,1-2H3;1-2H3. The van der Waals surface area contributed by atoms with Gasteiger partial charge < -0.3 is 0 Å². The Balaban J connectivity index is 0.000000791. The van der Waals surface area contributed by atoms with Gasteiger partial charge in [-0.25, -0.2) is 4.39 Å². The van der Waals surface area contributed by atoms with E-state index in [1.165, 1.54) is 6.07 Å². The van der Waals surface area contributed by atoms with Gasteiger partial charge in [0, 0.05) is 10.0 Å². The van der Waals surface area contributed by atoms with Crippen molar-refractivity contribution >= 4 is 15.9 Å². The summed E-state index contributed by atoms with van der Waals surface area (Å²) in [6, 6.07) is 5.09. The van der Waals surface area contributed by atoms with Crippen LogP contribution in [0.1, 0.15) is 33.3 Å². The molecule has 0 unspecified atom stereocenters. The molecule has 0 aliphatic heterocycles. The molecule has 14 heavy (non-hydrogen) atoms. The molecular weight excluding hydrogens is 243 g/mol. The van der Waals surface area contributed by atoms with E-state index in [4.69, 9.17) is 0 Å². The zero-order valence-corrected chi connectivity index (χ0v) is 10.9. The Kier molecular flexibility index (Phi) is 6.81. The van der Waals surface area contributed by atoms with Crippen molar-refractivity contribution in [2.24, 2.45) is 5.92 Å². The Morgan fingerprint density at radius 3 is 2.29 bits per heavy atom. The lowest BCUT2D eigenvalue weighted by molar-refractivity contribution is 0.572. The highest BCUT2D eigenvalue weighted by Crippen LogP contribution is 2.22. The number of halogens is 2. The van der Waals surface area contributed by atoms with Gasteiger partial charge in [-0.15, -0.1) is 0 Å². The molecule has 0 saturated heterocycles. The third kappa shape index (κ3) is 4.23. The zero-order valence-electron chi connectivity index (χ0n) is 9.27. The Labute approximate surface area is 94.7 Å². The summed E-state index contributed by atoms with van der Waals surface area (Å²) < 4.78 is 14.1. The van der Waals surface area contributed by atoms with Crippen molar-refractivity contribution in [3.05, 3.63) is 34.1 Å². The Bertz CT molecular complexity index is 249. The molecule has 0 aromatic heterocycles. The first-order valence-corrected chi connectivity index (χ1v) is 5.83. The number of hydrogen-bond donors (Lipinski definition) is 0. The molecule has 0 radical (unpaired) electrons. The molecule has 0 aliphatic carbocycles. The highest BCUT2D eigenvalue weighted by Gasteiger charge is 2.07. The fraction of sp³-hybridized carbons (Fsp3) is 0.500. The van der Waals surface area contributed by atoms with Crippen molar-refractivity contribution in [3.8, 4) is 0 Å². The molecule has 0 fully saturated rings. The molecule has 0 aliphatic rings. The SMILES string of the molecule is CC.CC(C)Cc1c(F)cccc1Br. The maximum Gasteiger partial charge on any atom is 0.127 e. The van der Waals surface area contributed by atoms with E-state index in [0.717, 1.165) is 16.5 Å². The van der Waals surface area contributed by atoms with E-state index in [2.05, 4.69) is 29.8 Å². The summed E-state index contributed by atoms with van der Waals surface area (Å²) in [4.78, 5) is 0. The van der Waals surface area contributed by atoms with E-state index < -0.39 is 0 Å². The summed E-state index contributed by atoms with van der Waals surface area (Å²) >= 11 is 3.34. The summed E-state index contributed by atoms with van der Waals surface area (Å²) in [5.41, 5.74) is 0.785. The number of hydrogen-bond acceptors (Lipinski definition) is 0. The molecule has 1 aromatic rings. The van der Waals surface area contributed by atoms with Crippen LogP contribution in [-0.4, -0.2) is 0 Å². The lowest BCUT2D eigenvalue weighted by Gasteiger charge is -2.07. The first-order chi connectivity index (χ1) is 6.61. The van der Waals surface area contributed by atoms with Crippen LogP contribution in [0.3, 0.4) is 0 Å². The lowest BCUT2D eigenvalue weighted by atomic mass is 10.0. The summed E-state index contributed by atoms with van der Waals surface area (Å²) in [5.74, 6) is 0.372. The molecule has 0 spiro atoms. The second-order valence-corrected chi connectivity index (χ2v) is 4.15. The third-order valence-corrected chi connectivity index (χ3v) is 2.42. The van der Waals surface area contributed by atoms with Gasteiger partial charge in [-0.05, 0) is 24.5 Å². The van der Waals surface area contributed by atoms with E-state index in [9.17, 15) is 4.39 Å². The molecule has 80 valence electrons. The minimum absolute atomic E-state index is 0.113. The van der Waals surface area contributed by atoms with Crippen LogP contribution in [0.2, 0.25) is 0 Å². The van der Waals surface area contributed by atoms with Crippen LogP contribution in [0, 0.1) is 11.7 Å². The molecule has 0 nitrogen and oxygen atoms in total. The van der Waals surface area contributed by atoms with Gasteiger partial charge in [0.15, 0.2) is 0 Å². The highest BCUT2D eigenvalue weighted by molar-refractivity contribution is 9.10. The summed E-state index contributed by atoms with van der Waals surface area (Å²) in [6.07, 6.45) is 0.785. The first-order valence-electron chi connectivity index (χ1n) is 5.04. The quantitative estimate of drug-likeness (QED) is 0.716. The van der Waals surface area contributed by atoms with Gasteiger partial charge in [0.1, 0.15) is 5.82 Å². The molecule has 0 bridgehead atoms. The van der Waals surface area contributed by atoms with Crippen LogP contribution in [0.4, 0.5) is 4.39 Å². The van der Waals surface area contributed by atoms with Crippen LogP contribution < -0.4 is 0 Å². The third-order valence-electron chi connectivity index (χ3n) is 1.67. The van der Waals surface area contributed by atoms with E-state index >= 15 is 0 Å². The highest BCUT2D eigenvalue weighted by atomic mass is 79.9. The fourth-order valence-electron chi connectivity index (χ4n) is 1.14. The molecule has 0 saturated carbocycles. The van der Waals surface area contributed by atoms with Gasteiger partial charge in [-0.1, -0.05) is 49.7 Å². The first kappa shape index (κ1) is 13.6. The number of rotatable bonds is 2. The molecule has 0 amide bonds. The average molecular weight is 261 g/mol. The normalized spacial score (nSPS) is 9.64. The van der Waals surface area contributed by atoms with E-state index in [0.29, 0.717) is 5.92 Å². The second kappa shape index (κ2) is 6.99. The predicted molar refractivity (Wildman–Crippen MR) is 64.0 cm³/mol. The van der Waals surface area contributed by atoms with Crippen molar-refractivity contribution in [1.29, 1.82) is 0 Å². The molecule has 1 rings (SSSR count). The fourth-order valence-corrected chi connectivity index (χ4v) is 1.64. The summed E-state index contributed by atoms with van der Waals surface area (Å²) in [7, 11) is 0. The van der Waals surface area contributed by atoms with Crippen molar-refractivity contribution in [2.45, 2.75) is 34.1 Å². The van der Waals surface area contributed by atoms with Crippen molar-refractivity contribution in [3.63, 3.8) is 0 Å². The number of benzene rings is 1. The van der Waals surface area contributed by atoms with Crippen LogP contribution in [0.15, 0.2) is 22.7 Å². The topological polar surface area (TPSA) is 0 Å². The maximum absolute atomic E-state index is 13.2. The zero-order chi connectivity index (χ0) is 11.1. The molecular formula is C12H18BrF. The largest absolute Gasteiger partial charge is 0.207 e. The maximum atomic E-state index is 13.2. The van der Waals surface area contributed by atoms with E-state index in [-0.39, 0.29) is 5.82 Å². The summed E-state index contributed by atoms with van der Waals surface area (Å²) in [5, 5.41) is 0. The molecule has 2 heteroatoms. The second-order valence-electron chi connectivity index (χ2n) is 3.30. The van der Waals surface area contributed by atoms with Gasteiger partial charge in [-0.2, -0.15) is 0 Å². The molecule has 0 heterocycles. The van der Waals surface area contributed by atoms with Crippen LogP contribution in [0.25, 0.3) is 0 Å². The van der Waals surface area contributed by atoms with Crippen molar-refractivity contribution < 1.29 is 4.39 Å². The Hall–Kier alpha value is -0.370. The Morgan fingerprint density at radius 2 is 1.86 bits per heavy atom. The molecule has 0 N–H and O–H groups in total. The average Bonchev–Trinajstić information content (AvgIpc) is 2.15. The van der Waals surface area contributed by atoms with Gasteiger partial charge in [0.05, 0.1) is 0 Å². The lowest BCUT2D eigenvalue weighted by Crippen LogP contribution is -1.98. The summed E-state index contributed by atoms with van der Waals surface area (Å²) in [6.45, 7) is 8.16. The molecule has 0 atom stereocenters. The predicted octanol–water partition coefficient (Wildman–Crippen LogP) is 4.81. The molecule has 1 aromatic carbocycles.